The normalized spacial score (nSPS) is 32.1. The van der Waals surface area contributed by atoms with E-state index in [1.165, 1.54) is 0 Å². The van der Waals surface area contributed by atoms with Crippen molar-refractivity contribution in [2.75, 3.05) is 0 Å². The van der Waals surface area contributed by atoms with Crippen LogP contribution in [0.3, 0.4) is 0 Å². The Morgan fingerprint density at radius 2 is 2.07 bits per heavy atom. The fraction of sp³-hybridized carbons (Fsp3) is 0.846. The van der Waals surface area contributed by atoms with Crippen molar-refractivity contribution < 1.29 is 9.59 Å². The first-order chi connectivity index (χ1) is 6.91. The fourth-order valence-electron chi connectivity index (χ4n) is 2.52. The van der Waals surface area contributed by atoms with Gasteiger partial charge in [0.2, 0.25) is 0 Å². The van der Waals surface area contributed by atoms with E-state index in [0.29, 0.717) is 30.5 Å². The summed E-state index contributed by atoms with van der Waals surface area (Å²) in [6, 6.07) is 0. The van der Waals surface area contributed by atoms with E-state index in [9.17, 15) is 9.59 Å². The topological polar surface area (TPSA) is 34.1 Å². The molecule has 0 radical (unpaired) electrons. The summed E-state index contributed by atoms with van der Waals surface area (Å²) >= 11 is 0. The molecule has 2 nitrogen and oxygen atoms in total. The van der Waals surface area contributed by atoms with E-state index in [-0.39, 0.29) is 17.6 Å². The zero-order chi connectivity index (χ0) is 11.6. The van der Waals surface area contributed by atoms with E-state index < -0.39 is 0 Å². The summed E-state index contributed by atoms with van der Waals surface area (Å²) in [5, 5.41) is 0. The Hall–Kier alpha value is -0.660. The zero-order valence-corrected chi connectivity index (χ0v) is 10.2. The van der Waals surface area contributed by atoms with E-state index in [0.717, 1.165) is 6.42 Å². The number of carbonyl (C=O) groups is 2. The van der Waals surface area contributed by atoms with E-state index in [4.69, 9.17) is 0 Å². The van der Waals surface area contributed by atoms with Crippen molar-refractivity contribution in [3.63, 3.8) is 0 Å². The fourth-order valence-corrected chi connectivity index (χ4v) is 2.52. The summed E-state index contributed by atoms with van der Waals surface area (Å²) in [5.74, 6) is 1.98. The molecule has 0 saturated heterocycles. The molecule has 15 heavy (non-hydrogen) atoms. The highest BCUT2D eigenvalue weighted by atomic mass is 16.1. The summed E-state index contributed by atoms with van der Waals surface area (Å²) in [7, 11) is 0. The van der Waals surface area contributed by atoms with Gasteiger partial charge in [-0.25, -0.2) is 0 Å². The van der Waals surface area contributed by atoms with Gasteiger partial charge in [-0.2, -0.15) is 0 Å². The van der Waals surface area contributed by atoms with Crippen LogP contribution in [0.2, 0.25) is 0 Å². The van der Waals surface area contributed by atoms with Gasteiger partial charge in [0.1, 0.15) is 11.6 Å². The first kappa shape index (κ1) is 12.4. The van der Waals surface area contributed by atoms with Gasteiger partial charge in [-0.05, 0) is 31.1 Å². The molecule has 0 amide bonds. The summed E-state index contributed by atoms with van der Waals surface area (Å²) in [5.41, 5.74) is 0. The Morgan fingerprint density at radius 1 is 1.47 bits per heavy atom. The van der Waals surface area contributed by atoms with Crippen LogP contribution in [0.4, 0.5) is 0 Å². The summed E-state index contributed by atoms with van der Waals surface area (Å²) in [6.45, 7) is 7.93. The summed E-state index contributed by atoms with van der Waals surface area (Å²) in [6.07, 6.45) is 2.34. The third kappa shape index (κ3) is 3.15. The van der Waals surface area contributed by atoms with Gasteiger partial charge in [0.05, 0.1) is 0 Å². The Labute approximate surface area is 92.4 Å². The molecule has 86 valence electrons. The maximum Gasteiger partial charge on any atom is 0.136 e. The lowest BCUT2D eigenvalue weighted by Gasteiger charge is -2.34. The monoisotopic (exact) mass is 210 g/mol. The molecule has 0 N–H and O–H groups in total. The highest BCUT2D eigenvalue weighted by Crippen LogP contribution is 2.36. The molecule has 3 atom stereocenters. The molecule has 1 fully saturated rings. The van der Waals surface area contributed by atoms with Gasteiger partial charge in [0.25, 0.3) is 0 Å². The van der Waals surface area contributed by atoms with Crippen LogP contribution in [0, 0.1) is 23.7 Å². The number of hydrogen-bond acceptors (Lipinski definition) is 2. The van der Waals surface area contributed by atoms with Crippen LogP contribution in [0.15, 0.2) is 0 Å². The Kier molecular flexibility index (Phi) is 4.06. The molecule has 2 heteroatoms. The van der Waals surface area contributed by atoms with Crippen LogP contribution in [0.1, 0.15) is 47.0 Å². The maximum atomic E-state index is 11.8. The van der Waals surface area contributed by atoms with Gasteiger partial charge in [0, 0.05) is 18.8 Å². The third-order valence-corrected chi connectivity index (χ3v) is 3.78. The maximum absolute atomic E-state index is 11.8. The molecule has 0 aromatic rings. The van der Waals surface area contributed by atoms with Gasteiger partial charge in [-0.1, -0.05) is 20.8 Å². The van der Waals surface area contributed by atoms with Crippen LogP contribution >= 0.6 is 0 Å². The zero-order valence-electron chi connectivity index (χ0n) is 10.2. The lowest BCUT2D eigenvalue weighted by molar-refractivity contribution is -0.129. The predicted octanol–water partition coefficient (Wildman–Crippen LogP) is 2.85. The van der Waals surface area contributed by atoms with Crippen molar-refractivity contribution >= 4 is 11.6 Å². The van der Waals surface area contributed by atoms with Crippen molar-refractivity contribution in [3.05, 3.63) is 0 Å². The van der Waals surface area contributed by atoms with Gasteiger partial charge in [-0.15, -0.1) is 0 Å². The van der Waals surface area contributed by atoms with E-state index >= 15 is 0 Å². The molecule has 1 aliphatic rings. The van der Waals surface area contributed by atoms with Crippen LogP contribution in [-0.2, 0) is 9.59 Å². The molecule has 0 aromatic carbocycles. The second kappa shape index (κ2) is 4.91. The van der Waals surface area contributed by atoms with Gasteiger partial charge in [0.15, 0.2) is 0 Å². The van der Waals surface area contributed by atoms with Crippen molar-refractivity contribution in [2.45, 2.75) is 47.0 Å². The van der Waals surface area contributed by atoms with Crippen LogP contribution in [0.5, 0.6) is 0 Å². The SMILES string of the molecule is CC(=O)CC1C[C@H](C(C)C)CC(=O)C1C. The minimum Gasteiger partial charge on any atom is -0.300 e. The quantitative estimate of drug-likeness (QED) is 0.717. The molecule has 1 saturated carbocycles. The van der Waals surface area contributed by atoms with Crippen LogP contribution in [-0.4, -0.2) is 11.6 Å². The molecular weight excluding hydrogens is 188 g/mol. The standard InChI is InChI=1S/C13H22O2/c1-8(2)11-6-12(5-9(3)14)10(4)13(15)7-11/h8,10-12H,5-7H2,1-4H3/t10?,11-,12?/m0/s1. The van der Waals surface area contributed by atoms with Crippen molar-refractivity contribution in [2.24, 2.45) is 23.7 Å². The molecule has 0 bridgehead atoms. The van der Waals surface area contributed by atoms with Crippen LogP contribution in [0.25, 0.3) is 0 Å². The van der Waals surface area contributed by atoms with Gasteiger partial charge >= 0.3 is 0 Å². The molecule has 1 aliphatic carbocycles. The predicted molar refractivity (Wildman–Crippen MR) is 60.5 cm³/mol. The molecule has 0 aliphatic heterocycles. The summed E-state index contributed by atoms with van der Waals surface area (Å²) < 4.78 is 0. The molecular formula is C13H22O2. The average molecular weight is 210 g/mol. The van der Waals surface area contributed by atoms with Crippen molar-refractivity contribution in [3.8, 4) is 0 Å². The Morgan fingerprint density at radius 3 is 2.53 bits per heavy atom. The lowest BCUT2D eigenvalue weighted by Crippen LogP contribution is -2.34. The largest absolute Gasteiger partial charge is 0.300 e. The number of carbonyl (C=O) groups excluding carboxylic acids is 2. The second-order valence-corrected chi connectivity index (χ2v) is 5.37. The van der Waals surface area contributed by atoms with Crippen molar-refractivity contribution in [1.29, 1.82) is 0 Å². The minimum atomic E-state index is 0.0869. The first-order valence-corrected chi connectivity index (χ1v) is 5.94. The van der Waals surface area contributed by atoms with E-state index in [1.54, 1.807) is 6.92 Å². The third-order valence-electron chi connectivity index (χ3n) is 3.78. The first-order valence-electron chi connectivity index (χ1n) is 5.94. The highest BCUT2D eigenvalue weighted by molar-refractivity contribution is 5.83. The van der Waals surface area contributed by atoms with Crippen LogP contribution < -0.4 is 0 Å². The Bertz CT molecular complexity index is 255. The molecule has 1 rings (SSSR count). The average Bonchev–Trinajstić information content (AvgIpc) is 2.11. The minimum absolute atomic E-state index is 0.0869. The van der Waals surface area contributed by atoms with Crippen molar-refractivity contribution in [1.82, 2.24) is 0 Å². The summed E-state index contributed by atoms with van der Waals surface area (Å²) in [4.78, 5) is 22.9. The molecule has 0 aromatic heterocycles. The van der Waals surface area contributed by atoms with E-state index in [1.807, 2.05) is 6.92 Å². The number of Topliss-reactive ketones (excluding diaryl/α,β-unsaturated/α-hetero) is 2. The number of hydrogen-bond donors (Lipinski definition) is 0. The van der Waals surface area contributed by atoms with Gasteiger partial charge < -0.3 is 4.79 Å². The molecule has 0 spiro atoms. The number of ketones is 2. The van der Waals surface area contributed by atoms with Gasteiger partial charge in [-0.3, -0.25) is 4.79 Å². The molecule has 2 unspecified atom stereocenters. The lowest BCUT2D eigenvalue weighted by atomic mass is 9.69. The highest BCUT2D eigenvalue weighted by Gasteiger charge is 2.35. The molecule has 0 heterocycles. The number of rotatable bonds is 3. The van der Waals surface area contributed by atoms with E-state index in [2.05, 4.69) is 13.8 Å². The second-order valence-electron chi connectivity index (χ2n) is 5.37. The Balaban J connectivity index is 2.68. The smallest absolute Gasteiger partial charge is 0.136 e.